The van der Waals surface area contributed by atoms with E-state index in [1.54, 1.807) is 12.1 Å². The molecule has 170 valence electrons. The largest absolute Gasteiger partial charge is 0.456 e. The van der Waals surface area contributed by atoms with Crippen LogP contribution in [0, 0.1) is 0 Å². The lowest BCUT2D eigenvalue weighted by Gasteiger charge is -2.08. The summed E-state index contributed by atoms with van der Waals surface area (Å²) in [6.45, 7) is -0.719. The van der Waals surface area contributed by atoms with Crippen LogP contribution in [0.3, 0.4) is 0 Å². The fourth-order valence-corrected chi connectivity index (χ4v) is 3.81. The third-order valence-electron chi connectivity index (χ3n) is 5.44. The van der Waals surface area contributed by atoms with E-state index < -0.39 is 18.5 Å². The molecule has 0 saturated carbocycles. The highest BCUT2D eigenvalue weighted by molar-refractivity contribution is 6.14. The first-order valence-corrected chi connectivity index (χ1v) is 10.6. The van der Waals surface area contributed by atoms with Crippen LogP contribution in [0.4, 0.5) is 0 Å². The standard InChI is InChI=1S/C26H20N2O6/c29-20(24-18-8-4-5-9-19(18)28-25(24)16-6-2-1-3-7-16)14-32-23(30)13-27-26(31)17-10-11-21-22(12-17)34-15-33-21/h1-12,28H,13-15H2,(H,27,31). The summed E-state index contributed by atoms with van der Waals surface area (Å²) in [4.78, 5) is 40.9. The summed E-state index contributed by atoms with van der Waals surface area (Å²) in [6.07, 6.45) is 0. The Kier molecular flexibility index (Phi) is 5.70. The number of ketones is 1. The fraction of sp³-hybridized carbons (Fsp3) is 0.115. The number of Topliss-reactive ketones (excluding diaryl/α,β-unsaturated/α-hetero) is 1. The number of amides is 1. The molecule has 34 heavy (non-hydrogen) atoms. The molecular formula is C26H20N2O6. The first-order chi connectivity index (χ1) is 16.6. The van der Waals surface area contributed by atoms with Crippen molar-refractivity contribution in [2.24, 2.45) is 0 Å². The SMILES string of the molecule is O=C(CNC(=O)c1ccc2c(c1)OCO2)OCC(=O)c1c(-c2ccccc2)[nH]c2ccccc12. The number of fused-ring (bicyclic) bond motifs is 2. The van der Waals surface area contributed by atoms with Gasteiger partial charge in [-0.05, 0) is 29.8 Å². The maximum atomic E-state index is 13.1. The van der Waals surface area contributed by atoms with Crippen molar-refractivity contribution in [3.8, 4) is 22.8 Å². The van der Waals surface area contributed by atoms with Crippen LogP contribution in [0.5, 0.6) is 11.5 Å². The maximum Gasteiger partial charge on any atom is 0.325 e. The number of rotatable bonds is 7. The van der Waals surface area contributed by atoms with E-state index in [0.29, 0.717) is 28.3 Å². The Hall–Kier alpha value is -4.59. The Balaban J connectivity index is 1.24. The van der Waals surface area contributed by atoms with E-state index in [9.17, 15) is 14.4 Å². The summed E-state index contributed by atoms with van der Waals surface area (Å²) in [6, 6.07) is 21.7. The van der Waals surface area contributed by atoms with Crippen LogP contribution in [-0.2, 0) is 9.53 Å². The Morgan fingerprint density at radius 1 is 0.912 bits per heavy atom. The van der Waals surface area contributed by atoms with E-state index in [0.717, 1.165) is 16.5 Å². The quantitative estimate of drug-likeness (QED) is 0.324. The van der Waals surface area contributed by atoms with Gasteiger partial charge < -0.3 is 24.5 Å². The molecule has 4 aromatic rings. The summed E-state index contributed by atoms with van der Waals surface area (Å²) in [7, 11) is 0. The smallest absolute Gasteiger partial charge is 0.325 e. The highest BCUT2D eigenvalue weighted by Crippen LogP contribution is 2.32. The third kappa shape index (κ3) is 4.21. The van der Waals surface area contributed by atoms with Gasteiger partial charge in [-0.1, -0.05) is 48.5 Å². The van der Waals surface area contributed by atoms with Crippen molar-refractivity contribution in [3.63, 3.8) is 0 Å². The van der Waals surface area contributed by atoms with Gasteiger partial charge in [0.15, 0.2) is 18.1 Å². The van der Waals surface area contributed by atoms with E-state index >= 15 is 0 Å². The minimum absolute atomic E-state index is 0.100. The average molecular weight is 456 g/mol. The highest BCUT2D eigenvalue weighted by atomic mass is 16.7. The van der Waals surface area contributed by atoms with Crippen molar-refractivity contribution in [3.05, 3.63) is 83.9 Å². The molecule has 8 nitrogen and oxygen atoms in total. The number of ether oxygens (including phenoxy) is 3. The number of H-pyrrole nitrogens is 1. The van der Waals surface area contributed by atoms with Gasteiger partial charge in [0.25, 0.3) is 5.91 Å². The van der Waals surface area contributed by atoms with E-state index in [-0.39, 0.29) is 19.1 Å². The molecule has 1 amide bonds. The molecule has 0 radical (unpaired) electrons. The zero-order valence-electron chi connectivity index (χ0n) is 18.0. The van der Waals surface area contributed by atoms with E-state index in [1.807, 2.05) is 54.6 Å². The summed E-state index contributed by atoms with van der Waals surface area (Å²) in [5, 5.41) is 3.24. The molecule has 0 atom stereocenters. The molecule has 1 aliphatic rings. The number of carbonyl (C=O) groups is 3. The van der Waals surface area contributed by atoms with Gasteiger partial charge in [0.2, 0.25) is 12.6 Å². The molecule has 0 bridgehead atoms. The molecule has 3 aromatic carbocycles. The molecule has 2 heterocycles. The van der Waals surface area contributed by atoms with E-state index in [2.05, 4.69) is 10.3 Å². The van der Waals surface area contributed by atoms with Crippen molar-refractivity contribution in [1.82, 2.24) is 10.3 Å². The van der Waals surface area contributed by atoms with Crippen LogP contribution in [0.2, 0.25) is 0 Å². The van der Waals surface area contributed by atoms with Crippen molar-refractivity contribution in [2.45, 2.75) is 0 Å². The number of carbonyl (C=O) groups excluding carboxylic acids is 3. The lowest BCUT2D eigenvalue weighted by Crippen LogP contribution is -2.31. The second-order valence-electron chi connectivity index (χ2n) is 7.62. The number of benzene rings is 3. The predicted octanol–water partition coefficient (Wildman–Crippen LogP) is 3.72. The van der Waals surface area contributed by atoms with Gasteiger partial charge in [-0.15, -0.1) is 0 Å². The van der Waals surface area contributed by atoms with Crippen molar-refractivity contribution in [1.29, 1.82) is 0 Å². The molecule has 0 unspecified atom stereocenters. The van der Waals surface area contributed by atoms with Gasteiger partial charge in [0, 0.05) is 16.5 Å². The summed E-state index contributed by atoms with van der Waals surface area (Å²) in [5.41, 5.74) is 3.11. The normalized spacial score (nSPS) is 11.9. The number of hydrogen-bond acceptors (Lipinski definition) is 6. The predicted molar refractivity (Wildman–Crippen MR) is 124 cm³/mol. The molecule has 0 fully saturated rings. The van der Waals surface area contributed by atoms with Gasteiger partial charge in [0.1, 0.15) is 6.54 Å². The minimum Gasteiger partial charge on any atom is -0.456 e. The van der Waals surface area contributed by atoms with E-state index in [4.69, 9.17) is 14.2 Å². The van der Waals surface area contributed by atoms with Crippen LogP contribution < -0.4 is 14.8 Å². The molecular weight excluding hydrogens is 436 g/mol. The van der Waals surface area contributed by atoms with Crippen LogP contribution in [-0.4, -0.2) is 42.6 Å². The van der Waals surface area contributed by atoms with Gasteiger partial charge in [0.05, 0.1) is 11.3 Å². The molecule has 0 aliphatic carbocycles. The number of aromatic amines is 1. The molecule has 2 N–H and O–H groups in total. The lowest BCUT2D eigenvalue weighted by atomic mass is 10.0. The number of nitrogens with one attached hydrogen (secondary N) is 2. The fourth-order valence-electron chi connectivity index (χ4n) is 3.81. The maximum absolute atomic E-state index is 13.1. The highest BCUT2D eigenvalue weighted by Gasteiger charge is 2.21. The first-order valence-electron chi connectivity index (χ1n) is 10.6. The monoisotopic (exact) mass is 456 g/mol. The minimum atomic E-state index is -0.719. The number of aromatic nitrogens is 1. The van der Waals surface area contributed by atoms with E-state index in [1.165, 1.54) is 6.07 Å². The Labute approximate surface area is 194 Å². The van der Waals surface area contributed by atoms with Crippen molar-refractivity contribution < 1.29 is 28.6 Å². The zero-order valence-corrected chi connectivity index (χ0v) is 18.0. The van der Waals surface area contributed by atoms with Gasteiger partial charge in [-0.3, -0.25) is 14.4 Å². The summed E-state index contributed by atoms with van der Waals surface area (Å²) in [5.74, 6) is -0.504. The van der Waals surface area contributed by atoms with Crippen LogP contribution >= 0.6 is 0 Å². The van der Waals surface area contributed by atoms with Crippen LogP contribution in [0.25, 0.3) is 22.2 Å². The lowest BCUT2D eigenvalue weighted by molar-refractivity contribution is -0.141. The zero-order chi connectivity index (χ0) is 23.5. The Morgan fingerprint density at radius 2 is 1.68 bits per heavy atom. The molecule has 0 saturated heterocycles. The molecule has 0 spiro atoms. The number of hydrogen-bond donors (Lipinski definition) is 2. The van der Waals surface area contributed by atoms with Crippen molar-refractivity contribution in [2.75, 3.05) is 19.9 Å². The Bertz CT molecular complexity index is 1390. The number of esters is 1. The molecule has 1 aliphatic heterocycles. The first kappa shape index (κ1) is 21.3. The topological polar surface area (TPSA) is 107 Å². The average Bonchev–Trinajstić information content (AvgIpc) is 3.50. The van der Waals surface area contributed by atoms with Gasteiger partial charge in [-0.2, -0.15) is 0 Å². The third-order valence-corrected chi connectivity index (χ3v) is 5.44. The van der Waals surface area contributed by atoms with Crippen molar-refractivity contribution >= 4 is 28.6 Å². The van der Waals surface area contributed by atoms with Gasteiger partial charge in [-0.25, -0.2) is 0 Å². The molecule has 8 heteroatoms. The number of para-hydroxylation sites is 1. The van der Waals surface area contributed by atoms with Crippen LogP contribution in [0.15, 0.2) is 72.8 Å². The second-order valence-corrected chi connectivity index (χ2v) is 7.62. The molecule has 5 rings (SSSR count). The van der Waals surface area contributed by atoms with Crippen LogP contribution in [0.1, 0.15) is 20.7 Å². The summed E-state index contributed by atoms with van der Waals surface area (Å²) < 4.78 is 15.6. The second kappa shape index (κ2) is 9.11. The van der Waals surface area contributed by atoms with Gasteiger partial charge >= 0.3 is 5.97 Å². The summed E-state index contributed by atoms with van der Waals surface area (Å²) >= 11 is 0. The molecule has 1 aromatic heterocycles. The Morgan fingerprint density at radius 3 is 2.53 bits per heavy atom.